The van der Waals surface area contributed by atoms with Gasteiger partial charge in [0.2, 0.25) is 5.91 Å². The minimum Gasteiger partial charge on any atom is -0.395 e. The Kier molecular flexibility index (Phi) is 7.77. The number of amides is 3. The average Bonchev–Trinajstić information content (AvgIpc) is 3.37. The minimum atomic E-state index is -1.40. The number of hydrogen-bond acceptors (Lipinski definition) is 4. The van der Waals surface area contributed by atoms with Gasteiger partial charge in [-0.3, -0.25) is 9.69 Å². The highest BCUT2D eigenvalue weighted by Gasteiger charge is 2.61. The van der Waals surface area contributed by atoms with E-state index in [-0.39, 0.29) is 30.1 Å². The topological polar surface area (TPSA) is 84.3 Å². The third-order valence-corrected chi connectivity index (χ3v) is 7.96. The predicted molar refractivity (Wildman–Crippen MR) is 141 cm³/mol. The van der Waals surface area contributed by atoms with Crippen LogP contribution in [0, 0.1) is 17.2 Å². The van der Waals surface area contributed by atoms with Gasteiger partial charge < -0.3 is 20.0 Å². The van der Waals surface area contributed by atoms with E-state index in [1.165, 1.54) is 19.1 Å². The molecule has 0 saturated carbocycles. The lowest BCUT2D eigenvalue weighted by molar-refractivity contribution is -0.145. The smallest absolute Gasteiger partial charge is 0.325 e. The number of hydrogen-bond donors (Lipinski definition) is 2. The van der Waals surface area contributed by atoms with E-state index in [0.29, 0.717) is 29.4 Å². The molecule has 0 radical (unpaired) electrons. The van der Waals surface area contributed by atoms with Crippen molar-refractivity contribution < 1.29 is 24.2 Å². The predicted octanol–water partition coefficient (Wildman–Crippen LogP) is 4.39. The molecule has 0 bridgehead atoms. The Morgan fingerprint density at radius 3 is 2.35 bits per heavy atom. The van der Waals surface area contributed by atoms with Crippen LogP contribution in [0.15, 0.2) is 42.5 Å². The molecule has 2 aliphatic heterocycles. The number of aliphatic hydroxyl groups is 2. The molecule has 4 rings (SSSR count). The fraction of sp³-hybridized carbons (Fsp3) is 0.481. The molecule has 2 N–H and O–H groups in total. The molecule has 0 aromatic heterocycles. The van der Waals surface area contributed by atoms with Crippen molar-refractivity contribution in [3.05, 3.63) is 63.9 Å². The van der Waals surface area contributed by atoms with Gasteiger partial charge in [0.25, 0.3) is 0 Å². The van der Waals surface area contributed by atoms with Crippen LogP contribution in [0.5, 0.6) is 0 Å². The Balaban J connectivity index is 1.88. The summed E-state index contributed by atoms with van der Waals surface area (Å²) in [7, 11) is 0. The maximum absolute atomic E-state index is 14.7. The number of carbonyl (C=O) groups excluding carboxylic acids is 2. The molecule has 10 heteroatoms. The number of urea groups is 1. The average molecular weight is 552 g/mol. The summed E-state index contributed by atoms with van der Waals surface area (Å²) >= 11 is 12.1. The molecule has 1 spiro atoms. The van der Waals surface area contributed by atoms with Gasteiger partial charge >= 0.3 is 6.03 Å². The number of likely N-dealkylation sites (tertiary alicyclic amines) is 1. The maximum Gasteiger partial charge on any atom is 0.325 e. The number of rotatable bonds is 7. The Bertz CT molecular complexity index is 1170. The SMILES string of the molecule is CC(C)CN1C[C@@]2(CN(C(=O)C(C)(CO)CO)C[C@@H]2c2ccc(Cl)c(F)c2)N(c2ccc(Cl)cc2)C1=O. The zero-order valence-electron chi connectivity index (χ0n) is 21.1. The van der Waals surface area contributed by atoms with Crippen molar-refractivity contribution in [1.82, 2.24) is 9.80 Å². The molecule has 200 valence electrons. The zero-order valence-corrected chi connectivity index (χ0v) is 22.6. The molecule has 2 aliphatic rings. The van der Waals surface area contributed by atoms with Gasteiger partial charge in [-0.2, -0.15) is 0 Å². The van der Waals surface area contributed by atoms with Crippen molar-refractivity contribution in [2.24, 2.45) is 11.3 Å². The summed E-state index contributed by atoms with van der Waals surface area (Å²) in [5.74, 6) is -1.29. The standard InChI is InChI=1S/C27H32Cl2FN3O4/c1-17(2)11-32-14-27(33(25(32)37)20-7-5-19(28)6-8-20)13-31(24(36)26(3,15-34)16-35)12-21(27)18-4-9-22(29)23(30)10-18/h4-10,17,21,34-35H,11-16H2,1-3H3/t21-,27-/m1/s1. The highest BCUT2D eigenvalue weighted by molar-refractivity contribution is 6.31. The van der Waals surface area contributed by atoms with Crippen LogP contribution in [-0.4, -0.2) is 76.9 Å². The quantitative estimate of drug-likeness (QED) is 0.534. The molecule has 2 aromatic rings. The zero-order chi connectivity index (χ0) is 27.1. The van der Waals surface area contributed by atoms with E-state index in [1.54, 1.807) is 45.0 Å². The number of carbonyl (C=O) groups is 2. The van der Waals surface area contributed by atoms with Crippen molar-refractivity contribution >= 4 is 40.8 Å². The molecule has 2 atom stereocenters. The highest BCUT2D eigenvalue weighted by Crippen LogP contribution is 2.48. The number of anilines is 1. The fourth-order valence-corrected chi connectivity index (χ4v) is 5.73. The van der Waals surface area contributed by atoms with Crippen molar-refractivity contribution in [3.8, 4) is 0 Å². The van der Waals surface area contributed by atoms with Crippen molar-refractivity contribution in [3.63, 3.8) is 0 Å². The molecular weight excluding hydrogens is 520 g/mol. The lowest BCUT2D eigenvalue weighted by atomic mass is 9.81. The largest absolute Gasteiger partial charge is 0.395 e. The second-order valence-electron chi connectivity index (χ2n) is 10.8. The van der Waals surface area contributed by atoms with Gasteiger partial charge in [0.05, 0.1) is 29.2 Å². The van der Waals surface area contributed by atoms with E-state index < -0.39 is 41.8 Å². The van der Waals surface area contributed by atoms with Gasteiger partial charge in [-0.25, -0.2) is 9.18 Å². The molecule has 7 nitrogen and oxygen atoms in total. The molecule has 0 aliphatic carbocycles. The summed E-state index contributed by atoms with van der Waals surface area (Å²) in [5.41, 5.74) is -1.12. The molecule has 3 amide bonds. The summed E-state index contributed by atoms with van der Waals surface area (Å²) in [6.45, 7) is 5.59. The summed E-state index contributed by atoms with van der Waals surface area (Å²) < 4.78 is 14.7. The maximum atomic E-state index is 14.7. The molecule has 2 fully saturated rings. The van der Waals surface area contributed by atoms with Crippen molar-refractivity contribution in [2.75, 3.05) is 44.3 Å². The Hall–Kier alpha value is -2.39. The normalized spacial score (nSPS) is 22.1. The third-order valence-electron chi connectivity index (χ3n) is 7.41. The second kappa shape index (κ2) is 10.4. The number of benzene rings is 2. The summed E-state index contributed by atoms with van der Waals surface area (Å²) in [4.78, 5) is 32.5. The van der Waals surface area contributed by atoms with Crippen LogP contribution >= 0.6 is 23.2 Å². The molecular formula is C27H32Cl2FN3O4. The molecule has 0 unspecified atom stereocenters. The van der Waals surface area contributed by atoms with E-state index >= 15 is 0 Å². The monoisotopic (exact) mass is 551 g/mol. The lowest BCUT2D eigenvalue weighted by Crippen LogP contribution is -2.54. The van der Waals surface area contributed by atoms with Gasteiger partial charge in [-0.15, -0.1) is 0 Å². The first-order chi connectivity index (χ1) is 17.5. The van der Waals surface area contributed by atoms with Crippen molar-refractivity contribution in [2.45, 2.75) is 32.2 Å². The fourth-order valence-electron chi connectivity index (χ4n) is 5.49. The number of nitrogens with zero attached hydrogens (tertiary/aromatic N) is 3. The van der Waals surface area contributed by atoms with Gasteiger partial charge in [-0.1, -0.05) is 43.1 Å². The van der Waals surface area contributed by atoms with Crippen molar-refractivity contribution in [1.29, 1.82) is 0 Å². The van der Waals surface area contributed by atoms with Crippen LogP contribution < -0.4 is 4.90 Å². The molecule has 37 heavy (non-hydrogen) atoms. The van der Waals surface area contributed by atoms with E-state index in [4.69, 9.17) is 23.2 Å². The summed E-state index contributed by atoms with van der Waals surface area (Å²) in [6.07, 6.45) is 0. The number of aliphatic hydroxyl groups excluding tert-OH is 2. The second-order valence-corrected chi connectivity index (χ2v) is 11.6. The first-order valence-corrected chi connectivity index (χ1v) is 13.0. The highest BCUT2D eigenvalue weighted by atomic mass is 35.5. The first-order valence-electron chi connectivity index (χ1n) is 12.3. The van der Waals surface area contributed by atoms with Crippen LogP contribution in [0.2, 0.25) is 10.0 Å². The Morgan fingerprint density at radius 1 is 1.14 bits per heavy atom. The molecule has 2 aromatic carbocycles. The van der Waals surface area contributed by atoms with Gasteiger partial charge in [-0.05, 0) is 54.8 Å². The van der Waals surface area contributed by atoms with E-state index in [2.05, 4.69) is 0 Å². The van der Waals surface area contributed by atoms with Crippen LogP contribution in [0.3, 0.4) is 0 Å². The van der Waals surface area contributed by atoms with Gasteiger partial charge in [0, 0.05) is 42.8 Å². The third kappa shape index (κ3) is 4.92. The minimum absolute atomic E-state index is 0.0182. The summed E-state index contributed by atoms with van der Waals surface area (Å²) in [6, 6.07) is 11.3. The number of halogens is 3. The molecule has 2 saturated heterocycles. The molecule has 2 heterocycles. The van der Waals surface area contributed by atoms with E-state index in [9.17, 15) is 24.2 Å². The van der Waals surface area contributed by atoms with Crippen LogP contribution in [0.4, 0.5) is 14.9 Å². The van der Waals surface area contributed by atoms with Gasteiger partial charge in [0.15, 0.2) is 0 Å². The van der Waals surface area contributed by atoms with Crippen LogP contribution in [-0.2, 0) is 4.79 Å². The van der Waals surface area contributed by atoms with E-state index in [1.807, 2.05) is 13.8 Å². The summed E-state index contributed by atoms with van der Waals surface area (Å²) in [5, 5.41) is 20.3. The van der Waals surface area contributed by atoms with Crippen LogP contribution in [0.25, 0.3) is 0 Å². The Labute approximate surface area is 226 Å². The van der Waals surface area contributed by atoms with Gasteiger partial charge in [0.1, 0.15) is 5.82 Å². The first kappa shape index (κ1) is 27.6. The Morgan fingerprint density at radius 2 is 1.78 bits per heavy atom. The van der Waals surface area contributed by atoms with E-state index in [0.717, 1.165) is 0 Å². The van der Waals surface area contributed by atoms with Crippen LogP contribution in [0.1, 0.15) is 32.3 Å². The lowest BCUT2D eigenvalue weighted by Gasteiger charge is -2.38.